The summed E-state index contributed by atoms with van der Waals surface area (Å²) in [7, 11) is 1.54. The van der Waals surface area contributed by atoms with Crippen LogP contribution < -0.4 is 0 Å². The lowest BCUT2D eigenvalue weighted by atomic mass is 10.0. The number of hydrogen-bond donors (Lipinski definition) is 0. The molecule has 0 atom stereocenters. The Bertz CT molecular complexity index is 246. The molecule has 0 aliphatic heterocycles. The molecule has 0 heterocycles. The highest BCUT2D eigenvalue weighted by atomic mass is 16.5. The Balaban J connectivity index is 4.67. The summed E-state index contributed by atoms with van der Waals surface area (Å²) in [5.74, 6) is -0.722. The third-order valence-corrected chi connectivity index (χ3v) is 2.12. The molecule has 0 aromatic rings. The first-order valence-electron chi connectivity index (χ1n) is 4.45. The molecule has 4 heteroatoms. The molecule has 0 saturated carbocycles. The molecule has 0 aromatic heterocycles. The van der Waals surface area contributed by atoms with E-state index in [2.05, 4.69) is 6.58 Å². The molecule has 1 amide bonds. The van der Waals surface area contributed by atoms with E-state index in [9.17, 15) is 9.59 Å². The van der Waals surface area contributed by atoms with Crippen LogP contribution in [0.2, 0.25) is 0 Å². The van der Waals surface area contributed by atoms with Gasteiger partial charge in [0.05, 0.1) is 6.61 Å². The van der Waals surface area contributed by atoms with Gasteiger partial charge in [-0.2, -0.15) is 0 Å². The number of rotatable bonds is 4. The number of amides is 1. The fraction of sp³-hybridized carbons (Fsp3) is 0.600. The van der Waals surface area contributed by atoms with Gasteiger partial charge in [-0.25, -0.2) is 4.79 Å². The molecule has 0 aliphatic carbocycles. The molecular formula is C10H17NO3. The average molecular weight is 199 g/mol. The number of carbonyl (C=O) groups is 2. The zero-order valence-electron chi connectivity index (χ0n) is 9.16. The van der Waals surface area contributed by atoms with Crippen LogP contribution in [0.15, 0.2) is 12.7 Å². The Labute approximate surface area is 84.5 Å². The Morgan fingerprint density at radius 1 is 1.50 bits per heavy atom. The third kappa shape index (κ3) is 2.58. The highest BCUT2D eigenvalue weighted by Gasteiger charge is 2.35. The highest BCUT2D eigenvalue weighted by molar-refractivity contribution is 5.92. The maximum absolute atomic E-state index is 11.5. The first-order chi connectivity index (χ1) is 6.37. The van der Waals surface area contributed by atoms with E-state index in [0.717, 1.165) is 0 Å². The van der Waals surface area contributed by atoms with Crippen LogP contribution in [0.3, 0.4) is 0 Å². The number of nitrogens with zero attached hydrogens (tertiary/aromatic N) is 1. The molecule has 0 unspecified atom stereocenters. The molecule has 0 saturated heterocycles. The molecule has 0 aliphatic rings. The van der Waals surface area contributed by atoms with Crippen molar-refractivity contribution < 1.29 is 14.3 Å². The molecular weight excluding hydrogens is 182 g/mol. The third-order valence-electron chi connectivity index (χ3n) is 2.12. The normalized spacial score (nSPS) is 10.6. The summed E-state index contributed by atoms with van der Waals surface area (Å²) in [6.45, 7) is 8.65. The van der Waals surface area contributed by atoms with Crippen LogP contribution in [0, 0.1) is 0 Å². The molecule has 0 fully saturated rings. The summed E-state index contributed by atoms with van der Waals surface area (Å²) in [4.78, 5) is 24.0. The number of ether oxygens (including phenoxy) is 1. The molecule has 4 nitrogen and oxygen atoms in total. The monoisotopic (exact) mass is 199 g/mol. The van der Waals surface area contributed by atoms with Crippen molar-refractivity contribution >= 4 is 11.9 Å². The molecule has 0 aromatic carbocycles. The summed E-state index contributed by atoms with van der Waals surface area (Å²) in [5, 5.41) is 0. The van der Waals surface area contributed by atoms with E-state index in [1.54, 1.807) is 27.8 Å². The van der Waals surface area contributed by atoms with Gasteiger partial charge in [-0.15, -0.1) is 0 Å². The van der Waals surface area contributed by atoms with E-state index in [1.165, 1.54) is 11.0 Å². The van der Waals surface area contributed by atoms with Gasteiger partial charge in [0.15, 0.2) is 0 Å². The summed E-state index contributed by atoms with van der Waals surface area (Å²) in [5.41, 5.74) is -0.957. The predicted molar refractivity (Wildman–Crippen MR) is 53.7 cm³/mol. The van der Waals surface area contributed by atoms with Gasteiger partial charge in [0, 0.05) is 7.05 Å². The topological polar surface area (TPSA) is 46.6 Å². The number of esters is 1. The maximum Gasteiger partial charge on any atom is 0.331 e. The zero-order valence-corrected chi connectivity index (χ0v) is 9.16. The number of carbonyl (C=O) groups excluding carboxylic acids is 2. The van der Waals surface area contributed by atoms with Crippen molar-refractivity contribution in [2.45, 2.75) is 26.3 Å². The smallest absolute Gasteiger partial charge is 0.331 e. The van der Waals surface area contributed by atoms with Gasteiger partial charge in [-0.3, -0.25) is 4.79 Å². The minimum absolute atomic E-state index is 0.303. The van der Waals surface area contributed by atoms with E-state index in [1.807, 2.05) is 0 Å². The van der Waals surface area contributed by atoms with Crippen LogP contribution >= 0.6 is 0 Å². The number of likely N-dealkylation sites (N-methyl/N-ethyl adjacent to an activating group) is 1. The van der Waals surface area contributed by atoms with Crippen molar-refractivity contribution in [2.75, 3.05) is 13.7 Å². The zero-order chi connectivity index (χ0) is 11.4. The van der Waals surface area contributed by atoms with Crippen LogP contribution in [0.4, 0.5) is 0 Å². The minimum atomic E-state index is -0.957. The van der Waals surface area contributed by atoms with Gasteiger partial charge >= 0.3 is 5.97 Å². The standard InChI is InChI=1S/C10H17NO3/c1-6-8(12)11(5)10(3,4)9(13)14-7-2/h6H,1,7H2,2-5H3. The quantitative estimate of drug-likeness (QED) is 0.500. The maximum atomic E-state index is 11.5. The van der Waals surface area contributed by atoms with Gasteiger partial charge < -0.3 is 9.64 Å². The van der Waals surface area contributed by atoms with Crippen molar-refractivity contribution in [3.05, 3.63) is 12.7 Å². The molecule has 0 radical (unpaired) electrons. The summed E-state index contributed by atoms with van der Waals surface area (Å²) < 4.78 is 4.86. The minimum Gasteiger partial charge on any atom is -0.464 e. The van der Waals surface area contributed by atoms with Gasteiger partial charge in [0.25, 0.3) is 0 Å². The van der Waals surface area contributed by atoms with E-state index in [0.29, 0.717) is 6.61 Å². The molecule has 0 spiro atoms. The van der Waals surface area contributed by atoms with Crippen molar-refractivity contribution in [3.63, 3.8) is 0 Å². The Hall–Kier alpha value is -1.32. The molecule has 0 bridgehead atoms. The Morgan fingerprint density at radius 3 is 2.36 bits per heavy atom. The molecule has 14 heavy (non-hydrogen) atoms. The molecule has 80 valence electrons. The van der Waals surface area contributed by atoms with E-state index in [4.69, 9.17) is 4.74 Å². The number of hydrogen-bond acceptors (Lipinski definition) is 3. The lowest BCUT2D eigenvalue weighted by Gasteiger charge is -2.32. The first kappa shape index (κ1) is 12.7. The highest BCUT2D eigenvalue weighted by Crippen LogP contribution is 2.14. The lowest BCUT2D eigenvalue weighted by molar-refractivity contribution is -0.158. The molecule has 0 rings (SSSR count). The SMILES string of the molecule is C=CC(=O)N(C)C(C)(C)C(=O)OCC. The van der Waals surface area contributed by atoms with Crippen LogP contribution in [0.25, 0.3) is 0 Å². The van der Waals surface area contributed by atoms with Crippen LogP contribution in [0.1, 0.15) is 20.8 Å². The Kier molecular flexibility index (Phi) is 4.34. The second kappa shape index (κ2) is 4.79. The van der Waals surface area contributed by atoms with Gasteiger partial charge in [0.2, 0.25) is 5.91 Å². The second-order valence-electron chi connectivity index (χ2n) is 3.38. The van der Waals surface area contributed by atoms with Gasteiger partial charge in [-0.1, -0.05) is 6.58 Å². The van der Waals surface area contributed by atoms with Crippen molar-refractivity contribution in [1.29, 1.82) is 0 Å². The predicted octanol–water partition coefficient (Wildman–Crippen LogP) is 0.972. The van der Waals surface area contributed by atoms with Crippen LogP contribution in [-0.2, 0) is 14.3 Å². The second-order valence-corrected chi connectivity index (χ2v) is 3.38. The summed E-state index contributed by atoms with van der Waals surface area (Å²) >= 11 is 0. The van der Waals surface area contributed by atoms with Gasteiger partial charge in [-0.05, 0) is 26.8 Å². The van der Waals surface area contributed by atoms with Crippen molar-refractivity contribution in [3.8, 4) is 0 Å². The van der Waals surface area contributed by atoms with E-state index in [-0.39, 0.29) is 5.91 Å². The fourth-order valence-corrected chi connectivity index (χ4v) is 0.857. The van der Waals surface area contributed by atoms with E-state index < -0.39 is 11.5 Å². The van der Waals surface area contributed by atoms with Crippen molar-refractivity contribution in [2.24, 2.45) is 0 Å². The Morgan fingerprint density at radius 2 is 2.00 bits per heavy atom. The lowest BCUT2D eigenvalue weighted by Crippen LogP contribution is -2.51. The molecule has 0 N–H and O–H groups in total. The first-order valence-corrected chi connectivity index (χ1v) is 4.45. The fourth-order valence-electron chi connectivity index (χ4n) is 0.857. The van der Waals surface area contributed by atoms with E-state index >= 15 is 0 Å². The largest absolute Gasteiger partial charge is 0.464 e. The summed E-state index contributed by atoms with van der Waals surface area (Å²) in [6, 6.07) is 0. The average Bonchev–Trinajstić information content (AvgIpc) is 2.15. The van der Waals surface area contributed by atoms with Crippen LogP contribution in [0.5, 0.6) is 0 Å². The van der Waals surface area contributed by atoms with Gasteiger partial charge in [0.1, 0.15) is 5.54 Å². The van der Waals surface area contributed by atoms with Crippen molar-refractivity contribution in [1.82, 2.24) is 4.90 Å². The summed E-state index contributed by atoms with van der Waals surface area (Å²) in [6.07, 6.45) is 1.17. The van der Waals surface area contributed by atoms with Crippen LogP contribution in [-0.4, -0.2) is 36.0 Å².